The number of thioether (sulfide) groups is 1. The Labute approximate surface area is 172 Å². The molecule has 0 saturated carbocycles. The highest BCUT2D eigenvalue weighted by molar-refractivity contribution is 8.27. The normalized spacial score (nSPS) is 16.9. The Bertz CT molecular complexity index is 932. The van der Waals surface area contributed by atoms with Crippen LogP contribution in [0.1, 0.15) is 25.8 Å². The minimum absolute atomic E-state index is 0.0576. The monoisotopic (exact) mass is 421 g/mol. The molecule has 2 aromatic carbocycles. The number of nitrogens with zero attached hydrogens (tertiary/aromatic N) is 1. The second-order valence-electron chi connectivity index (χ2n) is 5.99. The Hall–Kier alpha value is -1.89. The highest BCUT2D eigenvalue weighted by Gasteiger charge is 2.33. The number of carbonyl (C=O) groups excluding carboxylic acids is 1. The molecule has 27 heavy (non-hydrogen) atoms. The molecular formula is C20H17ClFNO2S2. The fourth-order valence-corrected chi connectivity index (χ4v) is 3.93. The van der Waals surface area contributed by atoms with E-state index in [1.807, 2.05) is 38.1 Å². The second kappa shape index (κ2) is 8.42. The molecule has 1 heterocycles. The third-order valence-corrected chi connectivity index (χ3v) is 5.66. The van der Waals surface area contributed by atoms with Crippen molar-refractivity contribution in [2.24, 2.45) is 0 Å². The van der Waals surface area contributed by atoms with E-state index in [1.54, 1.807) is 6.08 Å². The van der Waals surface area contributed by atoms with Gasteiger partial charge in [0.05, 0.1) is 21.7 Å². The molecular weight excluding hydrogens is 405 g/mol. The van der Waals surface area contributed by atoms with Crippen molar-refractivity contribution in [3.05, 3.63) is 63.8 Å². The van der Waals surface area contributed by atoms with Crippen molar-refractivity contribution in [2.45, 2.75) is 26.4 Å². The second-order valence-corrected chi connectivity index (χ2v) is 8.07. The maximum Gasteiger partial charge on any atom is 0.270 e. The van der Waals surface area contributed by atoms with Crippen LogP contribution in [0.4, 0.5) is 10.1 Å². The Morgan fingerprint density at radius 2 is 2.07 bits per heavy atom. The van der Waals surface area contributed by atoms with Crippen LogP contribution in [0.25, 0.3) is 6.08 Å². The lowest BCUT2D eigenvalue weighted by atomic mass is 10.1. The van der Waals surface area contributed by atoms with E-state index in [-0.39, 0.29) is 17.0 Å². The number of hydrogen-bond acceptors (Lipinski definition) is 4. The Morgan fingerprint density at radius 3 is 2.78 bits per heavy atom. The van der Waals surface area contributed by atoms with Crippen molar-refractivity contribution in [3.63, 3.8) is 0 Å². The van der Waals surface area contributed by atoms with Gasteiger partial charge in [0, 0.05) is 5.56 Å². The van der Waals surface area contributed by atoms with Gasteiger partial charge in [0.25, 0.3) is 5.91 Å². The lowest BCUT2D eigenvalue weighted by Gasteiger charge is -2.15. The van der Waals surface area contributed by atoms with Crippen LogP contribution in [-0.2, 0) is 4.79 Å². The Morgan fingerprint density at radius 1 is 1.33 bits per heavy atom. The Kier molecular flexibility index (Phi) is 6.19. The van der Waals surface area contributed by atoms with Gasteiger partial charge in [-0.1, -0.05) is 60.7 Å². The summed E-state index contributed by atoms with van der Waals surface area (Å²) in [6.07, 6.45) is 2.71. The van der Waals surface area contributed by atoms with Crippen LogP contribution in [0.2, 0.25) is 5.02 Å². The summed E-state index contributed by atoms with van der Waals surface area (Å²) in [5.74, 6) is -0.106. The molecule has 0 aromatic heterocycles. The molecule has 3 rings (SSSR count). The molecule has 1 amide bonds. The number of amides is 1. The van der Waals surface area contributed by atoms with E-state index in [1.165, 1.54) is 34.9 Å². The SMILES string of the molecule is CC[C@@H](C)Oc1ccccc1/C=C1/SC(=S)N(c2ccc(F)c(Cl)c2)C1=O. The zero-order chi connectivity index (χ0) is 19.6. The van der Waals surface area contributed by atoms with Crippen molar-refractivity contribution in [1.82, 2.24) is 0 Å². The van der Waals surface area contributed by atoms with Gasteiger partial charge < -0.3 is 4.74 Å². The van der Waals surface area contributed by atoms with Crippen LogP contribution in [0.5, 0.6) is 5.75 Å². The summed E-state index contributed by atoms with van der Waals surface area (Å²) in [4.78, 5) is 14.7. The number of halogens is 2. The number of hydrogen-bond donors (Lipinski definition) is 0. The van der Waals surface area contributed by atoms with E-state index in [0.29, 0.717) is 20.7 Å². The van der Waals surface area contributed by atoms with Crippen molar-refractivity contribution in [1.29, 1.82) is 0 Å². The topological polar surface area (TPSA) is 29.5 Å². The molecule has 0 spiro atoms. The summed E-state index contributed by atoms with van der Waals surface area (Å²) < 4.78 is 19.7. The smallest absolute Gasteiger partial charge is 0.270 e. The predicted molar refractivity (Wildman–Crippen MR) is 114 cm³/mol. The highest BCUT2D eigenvalue weighted by Crippen LogP contribution is 2.38. The van der Waals surface area contributed by atoms with Crippen LogP contribution in [0, 0.1) is 5.82 Å². The van der Waals surface area contributed by atoms with Crippen LogP contribution in [0.15, 0.2) is 47.4 Å². The summed E-state index contributed by atoms with van der Waals surface area (Å²) in [5, 5.41) is -0.0576. The first kappa shape index (κ1) is 19.9. The number of ether oxygens (including phenoxy) is 1. The van der Waals surface area contributed by atoms with E-state index < -0.39 is 5.82 Å². The van der Waals surface area contributed by atoms with Crippen molar-refractivity contribution in [3.8, 4) is 5.75 Å². The quantitative estimate of drug-likeness (QED) is 0.433. The van der Waals surface area contributed by atoms with E-state index in [2.05, 4.69) is 0 Å². The van der Waals surface area contributed by atoms with Gasteiger partial charge in [-0.05, 0) is 43.7 Å². The first-order valence-corrected chi connectivity index (χ1v) is 9.99. The zero-order valence-corrected chi connectivity index (χ0v) is 17.1. The van der Waals surface area contributed by atoms with Gasteiger partial charge in [0.2, 0.25) is 0 Å². The fourth-order valence-electron chi connectivity index (χ4n) is 2.46. The van der Waals surface area contributed by atoms with Crippen LogP contribution >= 0.6 is 35.6 Å². The predicted octanol–water partition coefficient (Wildman–Crippen LogP) is 6.06. The summed E-state index contributed by atoms with van der Waals surface area (Å²) in [7, 11) is 0. The van der Waals surface area contributed by atoms with Crippen molar-refractivity contribution >= 4 is 57.6 Å². The lowest BCUT2D eigenvalue weighted by molar-refractivity contribution is -0.113. The molecule has 140 valence electrons. The fraction of sp³-hybridized carbons (Fsp3) is 0.200. The summed E-state index contributed by atoms with van der Waals surface area (Å²) >= 11 is 12.4. The maximum absolute atomic E-state index is 13.4. The van der Waals surface area contributed by atoms with Gasteiger partial charge in [0.1, 0.15) is 11.6 Å². The third kappa shape index (κ3) is 4.34. The lowest BCUT2D eigenvalue weighted by Crippen LogP contribution is -2.27. The summed E-state index contributed by atoms with van der Waals surface area (Å²) in [5.41, 5.74) is 1.24. The summed E-state index contributed by atoms with van der Waals surface area (Å²) in [6.45, 7) is 4.04. The zero-order valence-electron chi connectivity index (χ0n) is 14.7. The number of carbonyl (C=O) groups is 1. The molecule has 0 radical (unpaired) electrons. The molecule has 2 aromatic rings. The maximum atomic E-state index is 13.4. The molecule has 1 fully saturated rings. The average Bonchev–Trinajstić information content (AvgIpc) is 2.92. The number of thiocarbonyl (C=S) groups is 1. The molecule has 3 nitrogen and oxygen atoms in total. The molecule has 0 N–H and O–H groups in total. The first-order chi connectivity index (χ1) is 12.9. The molecule has 1 aliphatic rings. The van der Waals surface area contributed by atoms with Gasteiger partial charge in [-0.15, -0.1) is 0 Å². The van der Waals surface area contributed by atoms with Gasteiger partial charge in [0.15, 0.2) is 4.32 Å². The molecule has 1 atom stereocenters. The molecule has 0 unspecified atom stereocenters. The standard InChI is InChI=1S/C20H17ClFNO2S2/c1-3-12(2)25-17-7-5-4-6-13(17)10-18-19(24)23(20(26)27-18)14-8-9-16(22)15(21)11-14/h4-12H,3H2,1-2H3/b18-10+/t12-/m1/s1. The van der Waals surface area contributed by atoms with Gasteiger partial charge in [-0.2, -0.15) is 0 Å². The van der Waals surface area contributed by atoms with E-state index >= 15 is 0 Å². The third-order valence-electron chi connectivity index (χ3n) is 4.06. The highest BCUT2D eigenvalue weighted by atomic mass is 35.5. The number of rotatable bonds is 5. The molecule has 0 aliphatic carbocycles. The minimum atomic E-state index is -0.544. The van der Waals surface area contributed by atoms with Crippen LogP contribution in [-0.4, -0.2) is 16.3 Å². The number of anilines is 1. The van der Waals surface area contributed by atoms with Crippen molar-refractivity contribution in [2.75, 3.05) is 4.90 Å². The van der Waals surface area contributed by atoms with E-state index in [0.717, 1.165) is 12.0 Å². The summed E-state index contributed by atoms with van der Waals surface area (Å²) in [6, 6.07) is 11.6. The average molecular weight is 422 g/mol. The first-order valence-electron chi connectivity index (χ1n) is 8.39. The van der Waals surface area contributed by atoms with Gasteiger partial charge in [-0.25, -0.2) is 4.39 Å². The van der Waals surface area contributed by atoms with Crippen molar-refractivity contribution < 1.29 is 13.9 Å². The van der Waals surface area contributed by atoms with E-state index in [4.69, 9.17) is 28.6 Å². The van der Waals surface area contributed by atoms with Crippen LogP contribution in [0.3, 0.4) is 0 Å². The van der Waals surface area contributed by atoms with Gasteiger partial charge in [-0.3, -0.25) is 9.69 Å². The van der Waals surface area contributed by atoms with Crippen LogP contribution < -0.4 is 9.64 Å². The molecule has 1 aliphatic heterocycles. The molecule has 1 saturated heterocycles. The minimum Gasteiger partial charge on any atom is -0.490 e. The number of para-hydroxylation sites is 1. The number of benzene rings is 2. The largest absolute Gasteiger partial charge is 0.490 e. The van der Waals surface area contributed by atoms with Gasteiger partial charge >= 0.3 is 0 Å². The van der Waals surface area contributed by atoms with E-state index in [9.17, 15) is 9.18 Å². The molecule has 0 bridgehead atoms. The Balaban J connectivity index is 1.92. The molecule has 7 heteroatoms.